The molecule has 0 aliphatic carbocycles. The van der Waals surface area contributed by atoms with Crippen LogP contribution in [0.5, 0.6) is 0 Å². The number of rotatable bonds is 2. The third-order valence-corrected chi connectivity index (χ3v) is 4.45. The van der Waals surface area contributed by atoms with E-state index in [9.17, 15) is 9.59 Å². The molecule has 1 aromatic rings. The van der Waals surface area contributed by atoms with Gasteiger partial charge in [0.15, 0.2) is 0 Å². The highest BCUT2D eigenvalue weighted by Crippen LogP contribution is 2.19. The summed E-state index contributed by atoms with van der Waals surface area (Å²) >= 11 is 0. The number of likely N-dealkylation sites (tertiary alicyclic amines) is 1. The monoisotopic (exact) mass is 302 g/mol. The molecule has 2 amide bonds. The SMILES string of the molecule is CC(=O)N1CCN(c2ccnc(C(=O)N3CCCC3)c2)CC1. The molecule has 3 heterocycles. The van der Waals surface area contributed by atoms with Crippen molar-refractivity contribution in [2.75, 3.05) is 44.2 Å². The smallest absolute Gasteiger partial charge is 0.272 e. The fourth-order valence-corrected chi connectivity index (χ4v) is 3.09. The molecule has 2 fully saturated rings. The Balaban J connectivity index is 1.69. The maximum absolute atomic E-state index is 12.4. The molecule has 6 heteroatoms. The van der Waals surface area contributed by atoms with Crippen molar-refractivity contribution >= 4 is 17.5 Å². The summed E-state index contributed by atoms with van der Waals surface area (Å²) in [5.41, 5.74) is 1.54. The van der Waals surface area contributed by atoms with E-state index in [1.807, 2.05) is 21.9 Å². The fourth-order valence-electron chi connectivity index (χ4n) is 3.09. The van der Waals surface area contributed by atoms with Crippen LogP contribution in [0.4, 0.5) is 5.69 Å². The van der Waals surface area contributed by atoms with Crippen LogP contribution >= 0.6 is 0 Å². The third-order valence-electron chi connectivity index (χ3n) is 4.45. The Morgan fingerprint density at radius 2 is 1.68 bits per heavy atom. The lowest BCUT2D eigenvalue weighted by molar-refractivity contribution is -0.129. The number of piperazine rings is 1. The molecular formula is C16H22N4O2. The predicted octanol–water partition coefficient (Wildman–Crippen LogP) is 0.986. The van der Waals surface area contributed by atoms with Gasteiger partial charge in [-0.3, -0.25) is 14.6 Å². The zero-order chi connectivity index (χ0) is 15.5. The summed E-state index contributed by atoms with van der Waals surface area (Å²) in [6.45, 7) is 6.32. The molecular weight excluding hydrogens is 280 g/mol. The summed E-state index contributed by atoms with van der Waals surface area (Å²) in [5.74, 6) is 0.154. The molecule has 0 unspecified atom stereocenters. The van der Waals surface area contributed by atoms with Crippen molar-refractivity contribution in [2.24, 2.45) is 0 Å². The molecule has 0 spiro atoms. The summed E-state index contributed by atoms with van der Waals surface area (Å²) in [6, 6.07) is 3.81. The first-order valence-electron chi connectivity index (χ1n) is 7.91. The molecule has 6 nitrogen and oxygen atoms in total. The number of pyridine rings is 1. The molecule has 118 valence electrons. The molecule has 0 atom stereocenters. The molecule has 0 N–H and O–H groups in total. The van der Waals surface area contributed by atoms with E-state index in [1.54, 1.807) is 13.1 Å². The fraction of sp³-hybridized carbons (Fsp3) is 0.562. The quantitative estimate of drug-likeness (QED) is 0.817. The van der Waals surface area contributed by atoms with Crippen LogP contribution < -0.4 is 4.90 Å². The van der Waals surface area contributed by atoms with Crippen molar-refractivity contribution < 1.29 is 9.59 Å². The summed E-state index contributed by atoms with van der Waals surface area (Å²) in [7, 11) is 0. The van der Waals surface area contributed by atoms with Crippen LogP contribution in [0.15, 0.2) is 18.3 Å². The Morgan fingerprint density at radius 1 is 1.00 bits per heavy atom. The molecule has 2 saturated heterocycles. The van der Waals surface area contributed by atoms with E-state index in [0.717, 1.165) is 57.8 Å². The molecule has 1 aromatic heterocycles. The molecule has 3 rings (SSSR count). The van der Waals surface area contributed by atoms with Crippen molar-refractivity contribution in [3.8, 4) is 0 Å². The van der Waals surface area contributed by atoms with E-state index in [2.05, 4.69) is 9.88 Å². The second-order valence-electron chi connectivity index (χ2n) is 5.89. The average Bonchev–Trinajstić information content (AvgIpc) is 3.09. The zero-order valence-corrected chi connectivity index (χ0v) is 13.0. The number of hydrogen-bond donors (Lipinski definition) is 0. The Kier molecular flexibility index (Phi) is 4.27. The number of aromatic nitrogens is 1. The Labute approximate surface area is 130 Å². The first kappa shape index (κ1) is 14.8. The summed E-state index contributed by atoms with van der Waals surface area (Å²) in [6.07, 6.45) is 3.87. The van der Waals surface area contributed by atoms with Gasteiger partial charge in [-0.05, 0) is 25.0 Å². The lowest BCUT2D eigenvalue weighted by atomic mass is 10.2. The molecule has 0 aromatic carbocycles. The van der Waals surface area contributed by atoms with Crippen LogP contribution in [0.3, 0.4) is 0 Å². The number of carbonyl (C=O) groups is 2. The second kappa shape index (κ2) is 6.34. The molecule has 22 heavy (non-hydrogen) atoms. The topological polar surface area (TPSA) is 56.8 Å². The molecule has 0 radical (unpaired) electrons. The molecule has 2 aliphatic rings. The third kappa shape index (κ3) is 3.05. The van der Waals surface area contributed by atoms with Crippen molar-refractivity contribution in [3.63, 3.8) is 0 Å². The summed E-state index contributed by atoms with van der Waals surface area (Å²) in [4.78, 5) is 34.0. The normalized spacial score (nSPS) is 18.7. The minimum absolute atomic E-state index is 0.0294. The molecule has 0 bridgehead atoms. The van der Waals surface area contributed by atoms with Gasteiger partial charge in [0, 0.05) is 58.1 Å². The van der Waals surface area contributed by atoms with E-state index in [1.165, 1.54) is 0 Å². The lowest BCUT2D eigenvalue weighted by Crippen LogP contribution is -2.48. The van der Waals surface area contributed by atoms with E-state index in [-0.39, 0.29) is 11.8 Å². The van der Waals surface area contributed by atoms with E-state index in [0.29, 0.717) is 5.69 Å². The highest BCUT2D eigenvalue weighted by atomic mass is 16.2. The van der Waals surface area contributed by atoms with E-state index < -0.39 is 0 Å². The molecule has 2 aliphatic heterocycles. The number of amides is 2. The van der Waals surface area contributed by atoms with Gasteiger partial charge in [-0.15, -0.1) is 0 Å². The largest absolute Gasteiger partial charge is 0.368 e. The van der Waals surface area contributed by atoms with Crippen LogP contribution in [0.25, 0.3) is 0 Å². The van der Waals surface area contributed by atoms with E-state index >= 15 is 0 Å². The van der Waals surface area contributed by atoms with Gasteiger partial charge in [-0.25, -0.2) is 0 Å². The van der Waals surface area contributed by atoms with Gasteiger partial charge in [-0.2, -0.15) is 0 Å². The average molecular weight is 302 g/mol. The van der Waals surface area contributed by atoms with Crippen molar-refractivity contribution in [3.05, 3.63) is 24.0 Å². The number of nitrogens with zero attached hydrogens (tertiary/aromatic N) is 4. The van der Waals surface area contributed by atoms with Gasteiger partial charge >= 0.3 is 0 Å². The van der Waals surface area contributed by atoms with Gasteiger partial charge < -0.3 is 14.7 Å². The van der Waals surface area contributed by atoms with Crippen molar-refractivity contribution in [1.29, 1.82) is 0 Å². The van der Waals surface area contributed by atoms with Crippen molar-refractivity contribution in [2.45, 2.75) is 19.8 Å². The number of carbonyl (C=O) groups excluding carboxylic acids is 2. The van der Waals surface area contributed by atoms with Crippen LogP contribution in [-0.4, -0.2) is 65.9 Å². The van der Waals surface area contributed by atoms with Crippen LogP contribution in [0.1, 0.15) is 30.3 Å². The summed E-state index contributed by atoms with van der Waals surface area (Å²) < 4.78 is 0. The number of anilines is 1. The molecule has 0 saturated carbocycles. The summed E-state index contributed by atoms with van der Waals surface area (Å²) in [5, 5.41) is 0. The first-order valence-corrected chi connectivity index (χ1v) is 7.91. The van der Waals surface area contributed by atoms with Gasteiger partial charge in [0.2, 0.25) is 5.91 Å². The maximum Gasteiger partial charge on any atom is 0.272 e. The Morgan fingerprint density at radius 3 is 2.32 bits per heavy atom. The first-order chi connectivity index (χ1) is 10.6. The highest BCUT2D eigenvalue weighted by Gasteiger charge is 2.23. The maximum atomic E-state index is 12.4. The Hall–Kier alpha value is -2.11. The predicted molar refractivity (Wildman–Crippen MR) is 83.8 cm³/mol. The minimum atomic E-state index is 0.0294. The van der Waals surface area contributed by atoms with Gasteiger partial charge in [0.1, 0.15) is 5.69 Å². The van der Waals surface area contributed by atoms with Crippen LogP contribution in [-0.2, 0) is 4.79 Å². The van der Waals surface area contributed by atoms with Gasteiger partial charge in [0.05, 0.1) is 0 Å². The minimum Gasteiger partial charge on any atom is -0.368 e. The van der Waals surface area contributed by atoms with Crippen LogP contribution in [0.2, 0.25) is 0 Å². The second-order valence-corrected chi connectivity index (χ2v) is 5.89. The lowest BCUT2D eigenvalue weighted by Gasteiger charge is -2.35. The van der Waals surface area contributed by atoms with E-state index in [4.69, 9.17) is 0 Å². The Bertz CT molecular complexity index is 561. The highest BCUT2D eigenvalue weighted by molar-refractivity contribution is 5.93. The van der Waals surface area contributed by atoms with Crippen LogP contribution in [0, 0.1) is 0 Å². The zero-order valence-electron chi connectivity index (χ0n) is 13.0. The van der Waals surface area contributed by atoms with Crippen molar-refractivity contribution in [1.82, 2.24) is 14.8 Å². The van der Waals surface area contributed by atoms with Gasteiger partial charge in [-0.1, -0.05) is 0 Å². The standard InChI is InChI=1S/C16H22N4O2/c1-13(21)18-8-10-19(11-9-18)14-4-5-17-15(12-14)16(22)20-6-2-3-7-20/h4-5,12H,2-3,6-11H2,1H3. The number of hydrogen-bond acceptors (Lipinski definition) is 4. The van der Waals surface area contributed by atoms with Gasteiger partial charge in [0.25, 0.3) is 5.91 Å².